The van der Waals surface area contributed by atoms with Crippen molar-refractivity contribution in [3.63, 3.8) is 0 Å². The standard InChI is InChI=1S/C11H16BrNOS/c1-8(11-5-9(12)7-15-11)13-6-10-3-2-4-14-10/h5,7-8,10,13H,2-4,6H2,1H3. The normalized spacial score (nSPS) is 23.2. The summed E-state index contributed by atoms with van der Waals surface area (Å²) in [7, 11) is 0. The molecule has 2 rings (SSSR count). The summed E-state index contributed by atoms with van der Waals surface area (Å²) in [4.78, 5) is 1.37. The summed E-state index contributed by atoms with van der Waals surface area (Å²) in [6.45, 7) is 4.11. The van der Waals surface area contributed by atoms with Gasteiger partial charge in [0.25, 0.3) is 0 Å². The zero-order valence-corrected chi connectivity index (χ0v) is 11.2. The van der Waals surface area contributed by atoms with Crippen LogP contribution in [0.3, 0.4) is 0 Å². The van der Waals surface area contributed by atoms with Gasteiger partial charge in [-0.3, -0.25) is 0 Å². The third kappa shape index (κ3) is 3.28. The minimum atomic E-state index is 0.422. The van der Waals surface area contributed by atoms with Crippen molar-refractivity contribution < 1.29 is 4.74 Å². The maximum absolute atomic E-state index is 5.58. The number of halogens is 1. The monoisotopic (exact) mass is 289 g/mol. The molecule has 0 bridgehead atoms. The van der Waals surface area contributed by atoms with E-state index >= 15 is 0 Å². The van der Waals surface area contributed by atoms with Gasteiger partial charge in [-0.1, -0.05) is 0 Å². The molecule has 0 saturated carbocycles. The Hall–Kier alpha value is 0.1000. The van der Waals surface area contributed by atoms with Gasteiger partial charge in [0.2, 0.25) is 0 Å². The number of rotatable bonds is 4. The van der Waals surface area contributed by atoms with E-state index in [0.29, 0.717) is 12.1 Å². The van der Waals surface area contributed by atoms with Crippen molar-refractivity contribution in [2.75, 3.05) is 13.2 Å². The van der Waals surface area contributed by atoms with Crippen molar-refractivity contribution in [3.8, 4) is 0 Å². The lowest BCUT2D eigenvalue weighted by molar-refractivity contribution is 0.108. The van der Waals surface area contributed by atoms with Gasteiger partial charge < -0.3 is 10.1 Å². The van der Waals surface area contributed by atoms with Crippen LogP contribution in [-0.2, 0) is 4.74 Å². The molecule has 2 unspecified atom stereocenters. The van der Waals surface area contributed by atoms with Crippen LogP contribution < -0.4 is 5.32 Å². The Morgan fingerprint density at radius 1 is 1.73 bits per heavy atom. The molecule has 2 heterocycles. The molecule has 1 aromatic rings. The molecule has 15 heavy (non-hydrogen) atoms. The highest BCUT2D eigenvalue weighted by atomic mass is 79.9. The van der Waals surface area contributed by atoms with Gasteiger partial charge in [0, 0.05) is 33.9 Å². The fourth-order valence-electron chi connectivity index (χ4n) is 1.77. The van der Waals surface area contributed by atoms with Crippen LogP contribution in [0.5, 0.6) is 0 Å². The highest BCUT2D eigenvalue weighted by molar-refractivity contribution is 9.10. The Morgan fingerprint density at radius 3 is 3.20 bits per heavy atom. The minimum Gasteiger partial charge on any atom is -0.377 e. The molecule has 1 fully saturated rings. The summed E-state index contributed by atoms with van der Waals surface area (Å²) in [6, 6.07) is 2.60. The molecule has 4 heteroatoms. The van der Waals surface area contributed by atoms with Gasteiger partial charge in [-0.25, -0.2) is 0 Å². The van der Waals surface area contributed by atoms with Gasteiger partial charge in [-0.2, -0.15) is 0 Å². The van der Waals surface area contributed by atoms with Crippen molar-refractivity contribution in [1.82, 2.24) is 5.32 Å². The summed E-state index contributed by atoms with van der Waals surface area (Å²) in [5.41, 5.74) is 0. The second-order valence-electron chi connectivity index (χ2n) is 3.93. The quantitative estimate of drug-likeness (QED) is 0.918. The van der Waals surface area contributed by atoms with Crippen LogP contribution in [0.1, 0.15) is 30.7 Å². The Labute approximate surface area is 103 Å². The molecule has 0 radical (unpaired) electrons. The molecular formula is C11H16BrNOS. The number of nitrogens with one attached hydrogen (secondary N) is 1. The third-order valence-electron chi connectivity index (χ3n) is 2.69. The molecule has 0 aliphatic carbocycles. The smallest absolute Gasteiger partial charge is 0.0700 e. The molecule has 0 amide bonds. The molecule has 1 aliphatic rings. The lowest BCUT2D eigenvalue weighted by Gasteiger charge is -2.15. The molecule has 84 valence electrons. The lowest BCUT2D eigenvalue weighted by Crippen LogP contribution is -2.28. The summed E-state index contributed by atoms with van der Waals surface area (Å²) in [6.07, 6.45) is 2.84. The van der Waals surface area contributed by atoms with Crippen molar-refractivity contribution in [1.29, 1.82) is 0 Å². The number of hydrogen-bond donors (Lipinski definition) is 1. The first-order chi connectivity index (χ1) is 7.25. The molecule has 2 nitrogen and oxygen atoms in total. The third-order valence-corrected chi connectivity index (χ3v) is 4.57. The Bertz CT molecular complexity index is 309. The van der Waals surface area contributed by atoms with Gasteiger partial charge in [0.1, 0.15) is 0 Å². The van der Waals surface area contributed by atoms with Crippen LogP contribution in [0.25, 0.3) is 0 Å². The van der Waals surface area contributed by atoms with E-state index in [9.17, 15) is 0 Å². The van der Waals surface area contributed by atoms with E-state index in [2.05, 4.69) is 39.6 Å². The molecule has 1 saturated heterocycles. The summed E-state index contributed by atoms with van der Waals surface area (Å²) in [5.74, 6) is 0. The van der Waals surface area contributed by atoms with E-state index in [-0.39, 0.29) is 0 Å². The van der Waals surface area contributed by atoms with Crippen LogP contribution >= 0.6 is 27.3 Å². The topological polar surface area (TPSA) is 21.3 Å². The van der Waals surface area contributed by atoms with Crippen LogP contribution in [0.4, 0.5) is 0 Å². The van der Waals surface area contributed by atoms with Gasteiger partial charge >= 0.3 is 0 Å². The predicted octanol–water partition coefficient (Wildman–Crippen LogP) is 3.34. The predicted molar refractivity (Wildman–Crippen MR) is 67.4 cm³/mol. The van der Waals surface area contributed by atoms with Gasteiger partial charge in [0.05, 0.1) is 6.10 Å². The fraction of sp³-hybridized carbons (Fsp3) is 0.636. The van der Waals surface area contributed by atoms with E-state index in [1.54, 1.807) is 11.3 Å². The highest BCUT2D eigenvalue weighted by Gasteiger charge is 2.16. The average Bonchev–Trinajstić information content (AvgIpc) is 2.84. The maximum Gasteiger partial charge on any atom is 0.0700 e. The molecular weight excluding hydrogens is 274 g/mol. The van der Waals surface area contributed by atoms with E-state index in [1.807, 2.05) is 0 Å². The first-order valence-corrected chi connectivity index (χ1v) is 7.02. The first-order valence-electron chi connectivity index (χ1n) is 5.34. The molecule has 1 aromatic heterocycles. The Kier molecular flexibility index (Phi) is 4.20. The molecule has 2 atom stereocenters. The van der Waals surface area contributed by atoms with Gasteiger partial charge in [0.15, 0.2) is 0 Å². The molecule has 1 aliphatic heterocycles. The Balaban J connectivity index is 1.79. The van der Waals surface area contributed by atoms with Crippen LogP contribution in [0.2, 0.25) is 0 Å². The molecule has 0 spiro atoms. The number of thiophene rings is 1. The van der Waals surface area contributed by atoms with E-state index in [4.69, 9.17) is 4.74 Å². The zero-order chi connectivity index (χ0) is 10.7. The van der Waals surface area contributed by atoms with E-state index in [0.717, 1.165) is 13.2 Å². The van der Waals surface area contributed by atoms with Gasteiger partial charge in [-0.05, 0) is 41.8 Å². The van der Waals surface area contributed by atoms with Crippen LogP contribution in [0, 0.1) is 0 Å². The lowest BCUT2D eigenvalue weighted by atomic mass is 10.2. The Morgan fingerprint density at radius 2 is 2.60 bits per heavy atom. The van der Waals surface area contributed by atoms with E-state index < -0.39 is 0 Å². The first kappa shape index (κ1) is 11.6. The number of ether oxygens (including phenoxy) is 1. The highest BCUT2D eigenvalue weighted by Crippen LogP contribution is 2.25. The van der Waals surface area contributed by atoms with Gasteiger partial charge in [-0.15, -0.1) is 11.3 Å². The summed E-state index contributed by atoms with van der Waals surface area (Å²) < 4.78 is 6.75. The largest absolute Gasteiger partial charge is 0.377 e. The molecule has 1 N–H and O–H groups in total. The summed E-state index contributed by atoms with van der Waals surface area (Å²) >= 11 is 5.27. The second-order valence-corrected chi connectivity index (χ2v) is 5.79. The SMILES string of the molecule is CC(NCC1CCCO1)c1cc(Br)cs1. The van der Waals surface area contributed by atoms with Crippen molar-refractivity contribution in [3.05, 3.63) is 20.8 Å². The minimum absolute atomic E-state index is 0.422. The van der Waals surface area contributed by atoms with Crippen molar-refractivity contribution in [2.24, 2.45) is 0 Å². The average molecular weight is 290 g/mol. The fourth-order valence-corrected chi connectivity index (χ4v) is 3.25. The van der Waals surface area contributed by atoms with Crippen LogP contribution in [0.15, 0.2) is 15.9 Å². The maximum atomic E-state index is 5.58. The number of hydrogen-bond acceptors (Lipinski definition) is 3. The van der Waals surface area contributed by atoms with E-state index in [1.165, 1.54) is 22.2 Å². The van der Waals surface area contributed by atoms with Crippen molar-refractivity contribution in [2.45, 2.75) is 31.9 Å². The second kappa shape index (κ2) is 5.43. The van der Waals surface area contributed by atoms with Crippen molar-refractivity contribution >= 4 is 27.3 Å². The summed E-state index contributed by atoms with van der Waals surface area (Å²) in [5, 5.41) is 5.64. The van der Waals surface area contributed by atoms with Crippen LogP contribution in [-0.4, -0.2) is 19.3 Å². The zero-order valence-electron chi connectivity index (χ0n) is 8.83. The molecule has 0 aromatic carbocycles.